The third-order valence-electron chi connectivity index (χ3n) is 3.60. The monoisotopic (exact) mass is 293 g/mol. The van der Waals surface area contributed by atoms with E-state index in [-0.39, 0.29) is 12.1 Å². The summed E-state index contributed by atoms with van der Waals surface area (Å²) in [5.41, 5.74) is 7.11. The molecule has 1 unspecified atom stereocenters. The number of hydrogen-bond donors (Lipinski definition) is 2. The van der Waals surface area contributed by atoms with E-state index in [0.29, 0.717) is 6.54 Å². The van der Waals surface area contributed by atoms with Crippen molar-refractivity contribution < 1.29 is 4.74 Å². The quantitative estimate of drug-likeness (QED) is 0.695. The first-order valence-corrected chi connectivity index (χ1v) is 8.03. The molecule has 0 aliphatic carbocycles. The summed E-state index contributed by atoms with van der Waals surface area (Å²) in [7, 11) is 0. The SMILES string of the molecule is CCN(CC)CCNC(CN)c1ccc(OC(C)C)cc1. The van der Waals surface area contributed by atoms with Crippen LogP contribution in [0, 0.1) is 0 Å². The van der Waals surface area contributed by atoms with Crippen LogP contribution in [0.5, 0.6) is 5.75 Å². The maximum Gasteiger partial charge on any atom is 0.119 e. The van der Waals surface area contributed by atoms with Gasteiger partial charge in [-0.25, -0.2) is 0 Å². The van der Waals surface area contributed by atoms with Crippen molar-refractivity contribution in [1.82, 2.24) is 10.2 Å². The normalized spacial score (nSPS) is 12.9. The molecule has 0 saturated heterocycles. The van der Waals surface area contributed by atoms with E-state index in [0.717, 1.165) is 31.9 Å². The van der Waals surface area contributed by atoms with Crippen molar-refractivity contribution in [2.24, 2.45) is 5.73 Å². The zero-order chi connectivity index (χ0) is 15.7. The summed E-state index contributed by atoms with van der Waals surface area (Å²) in [6, 6.07) is 8.43. The minimum Gasteiger partial charge on any atom is -0.491 e. The Morgan fingerprint density at radius 2 is 1.76 bits per heavy atom. The van der Waals surface area contributed by atoms with Crippen molar-refractivity contribution in [1.29, 1.82) is 0 Å². The Bertz CT molecular complexity index is 374. The van der Waals surface area contributed by atoms with Crippen molar-refractivity contribution in [2.75, 3.05) is 32.7 Å². The molecule has 4 heteroatoms. The minimum atomic E-state index is 0.202. The average Bonchev–Trinajstić information content (AvgIpc) is 2.48. The van der Waals surface area contributed by atoms with Gasteiger partial charge in [-0.2, -0.15) is 0 Å². The molecule has 1 rings (SSSR count). The van der Waals surface area contributed by atoms with E-state index in [4.69, 9.17) is 10.5 Å². The smallest absolute Gasteiger partial charge is 0.119 e. The molecular weight excluding hydrogens is 262 g/mol. The second kappa shape index (κ2) is 9.77. The van der Waals surface area contributed by atoms with Crippen LogP contribution in [0.4, 0.5) is 0 Å². The van der Waals surface area contributed by atoms with Crippen molar-refractivity contribution in [3.05, 3.63) is 29.8 Å². The van der Waals surface area contributed by atoms with Gasteiger partial charge in [0, 0.05) is 25.7 Å². The molecule has 0 aliphatic heterocycles. The first-order chi connectivity index (χ1) is 10.1. The summed E-state index contributed by atoms with van der Waals surface area (Å²) < 4.78 is 5.67. The molecule has 3 N–H and O–H groups in total. The maximum atomic E-state index is 5.90. The first-order valence-electron chi connectivity index (χ1n) is 8.03. The van der Waals surface area contributed by atoms with Gasteiger partial charge in [-0.1, -0.05) is 26.0 Å². The van der Waals surface area contributed by atoms with E-state index in [1.807, 2.05) is 26.0 Å². The van der Waals surface area contributed by atoms with E-state index in [1.54, 1.807) is 0 Å². The molecule has 1 atom stereocenters. The predicted octanol–water partition coefficient (Wildman–Crippen LogP) is 2.41. The van der Waals surface area contributed by atoms with Crippen LogP contribution in [0.2, 0.25) is 0 Å². The van der Waals surface area contributed by atoms with Gasteiger partial charge in [0.1, 0.15) is 5.75 Å². The van der Waals surface area contributed by atoms with Crippen molar-refractivity contribution >= 4 is 0 Å². The molecule has 0 heterocycles. The highest BCUT2D eigenvalue weighted by molar-refractivity contribution is 5.29. The predicted molar refractivity (Wildman–Crippen MR) is 89.8 cm³/mol. The Morgan fingerprint density at radius 3 is 2.24 bits per heavy atom. The van der Waals surface area contributed by atoms with E-state index >= 15 is 0 Å². The molecule has 1 aromatic carbocycles. The zero-order valence-electron chi connectivity index (χ0n) is 13.9. The molecular formula is C17H31N3O. The van der Waals surface area contributed by atoms with Gasteiger partial charge in [0.2, 0.25) is 0 Å². The molecule has 0 bridgehead atoms. The third kappa shape index (κ3) is 6.46. The minimum absolute atomic E-state index is 0.202. The van der Waals surface area contributed by atoms with Gasteiger partial charge in [0.25, 0.3) is 0 Å². The van der Waals surface area contributed by atoms with Gasteiger partial charge in [0.15, 0.2) is 0 Å². The Morgan fingerprint density at radius 1 is 1.14 bits per heavy atom. The molecule has 0 spiro atoms. The van der Waals surface area contributed by atoms with E-state index < -0.39 is 0 Å². The molecule has 4 nitrogen and oxygen atoms in total. The summed E-state index contributed by atoms with van der Waals surface area (Å²) in [6.45, 7) is 13.2. The molecule has 1 aromatic rings. The highest BCUT2D eigenvalue weighted by Crippen LogP contribution is 2.18. The van der Waals surface area contributed by atoms with Crippen LogP contribution in [0.3, 0.4) is 0 Å². The van der Waals surface area contributed by atoms with E-state index in [2.05, 4.69) is 36.2 Å². The highest BCUT2D eigenvalue weighted by Gasteiger charge is 2.09. The number of rotatable bonds is 10. The van der Waals surface area contributed by atoms with E-state index in [1.165, 1.54) is 5.56 Å². The lowest BCUT2D eigenvalue weighted by atomic mass is 10.1. The van der Waals surface area contributed by atoms with Crippen LogP contribution >= 0.6 is 0 Å². The number of ether oxygens (including phenoxy) is 1. The Balaban J connectivity index is 2.51. The van der Waals surface area contributed by atoms with Crippen LogP contribution in [0.25, 0.3) is 0 Å². The second-order valence-electron chi connectivity index (χ2n) is 5.50. The fourth-order valence-electron chi connectivity index (χ4n) is 2.32. The van der Waals surface area contributed by atoms with Crippen LogP contribution in [0.1, 0.15) is 39.3 Å². The van der Waals surface area contributed by atoms with Gasteiger partial charge in [-0.15, -0.1) is 0 Å². The summed E-state index contributed by atoms with van der Waals surface area (Å²) >= 11 is 0. The molecule has 120 valence electrons. The Labute approximate surface area is 129 Å². The van der Waals surface area contributed by atoms with Gasteiger partial charge < -0.3 is 20.7 Å². The number of nitrogens with one attached hydrogen (secondary N) is 1. The van der Waals surface area contributed by atoms with Gasteiger partial charge in [-0.05, 0) is 44.6 Å². The van der Waals surface area contributed by atoms with Gasteiger partial charge in [0.05, 0.1) is 6.10 Å². The van der Waals surface area contributed by atoms with Crippen LogP contribution in [0.15, 0.2) is 24.3 Å². The summed E-state index contributed by atoms with van der Waals surface area (Å²) in [5.74, 6) is 0.910. The van der Waals surface area contributed by atoms with Crippen molar-refractivity contribution in [2.45, 2.75) is 39.8 Å². The Hall–Kier alpha value is -1.10. The maximum absolute atomic E-state index is 5.90. The van der Waals surface area contributed by atoms with Crippen LogP contribution in [-0.4, -0.2) is 43.7 Å². The number of nitrogens with two attached hydrogens (primary N) is 1. The van der Waals surface area contributed by atoms with Crippen molar-refractivity contribution in [3.63, 3.8) is 0 Å². The standard InChI is InChI=1S/C17H31N3O/c1-5-20(6-2)12-11-19-17(13-18)15-7-9-16(10-8-15)21-14(3)4/h7-10,14,17,19H,5-6,11-13,18H2,1-4H3. The molecule has 0 saturated carbocycles. The molecule has 0 amide bonds. The lowest BCUT2D eigenvalue weighted by molar-refractivity contribution is 0.242. The average molecular weight is 293 g/mol. The number of likely N-dealkylation sites (N-methyl/N-ethyl adjacent to an activating group) is 1. The largest absolute Gasteiger partial charge is 0.491 e. The van der Waals surface area contributed by atoms with Crippen LogP contribution in [-0.2, 0) is 0 Å². The highest BCUT2D eigenvalue weighted by atomic mass is 16.5. The molecule has 21 heavy (non-hydrogen) atoms. The summed E-state index contributed by atoms with van der Waals surface area (Å²) in [4.78, 5) is 2.40. The fraction of sp³-hybridized carbons (Fsp3) is 0.647. The summed E-state index contributed by atoms with van der Waals surface area (Å²) in [6.07, 6.45) is 0.202. The third-order valence-corrected chi connectivity index (χ3v) is 3.60. The number of benzene rings is 1. The lowest BCUT2D eigenvalue weighted by Gasteiger charge is -2.22. The summed E-state index contributed by atoms with van der Waals surface area (Å²) in [5, 5.41) is 3.54. The Kier molecular flexibility index (Phi) is 8.35. The fourth-order valence-corrected chi connectivity index (χ4v) is 2.32. The number of hydrogen-bond acceptors (Lipinski definition) is 4. The van der Waals surface area contributed by atoms with Crippen LogP contribution < -0.4 is 15.8 Å². The molecule has 0 fully saturated rings. The molecule has 0 aliphatic rings. The van der Waals surface area contributed by atoms with Gasteiger partial charge in [-0.3, -0.25) is 0 Å². The second-order valence-corrected chi connectivity index (χ2v) is 5.50. The van der Waals surface area contributed by atoms with Crippen molar-refractivity contribution in [3.8, 4) is 5.75 Å². The van der Waals surface area contributed by atoms with Gasteiger partial charge >= 0.3 is 0 Å². The first kappa shape index (κ1) is 18.0. The zero-order valence-corrected chi connectivity index (χ0v) is 13.9. The van der Waals surface area contributed by atoms with E-state index in [9.17, 15) is 0 Å². The molecule has 0 radical (unpaired) electrons. The number of nitrogens with zero attached hydrogens (tertiary/aromatic N) is 1. The molecule has 0 aromatic heterocycles. The topological polar surface area (TPSA) is 50.5 Å². The lowest BCUT2D eigenvalue weighted by Crippen LogP contribution is -2.36.